The highest BCUT2D eigenvalue weighted by Crippen LogP contribution is 2.17. The van der Waals surface area contributed by atoms with Gasteiger partial charge in [-0.05, 0) is 64.1 Å². The van der Waals surface area contributed by atoms with Crippen molar-refractivity contribution in [1.29, 1.82) is 0 Å². The van der Waals surface area contributed by atoms with E-state index in [4.69, 9.17) is 0 Å². The molecule has 1 aliphatic heterocycles. The predicted octanol–water partition coefficient (Wildman–Crippen LogP) is 3.13. The molecule has 0 aliphatic carbocycles. The number of hydrogen-bond acceptors (Lipinski definition) is 2. The van der Waals surface area contributed by atoms with Crippen LogP contribution >= 0.6 is 0 Å². The zero-order chi connectivity index (χ0) is 12.7. The minimum Gasteiger partial charge on any atom is -0.315 e. The minimum absolute atomic E-state index is 0.701. The van der Waals surface area contributed by atoms with Crippen molar-refractivity contribution in [2.45, 2.75) is 59.4 Å². The average molecular weight is 240 g/mol. The lowest BCUT2D eigenvalue weighted by atomic mass is 10.0. The second-order valence-corrected chi connectivity index (χ2v) is 6.31. The van der Waals surface area contributed by atoms with Crippen molar-refractivity contribution in [2.24, 2.45) is 11.8 Å². The Morgan fingerprint density at radius 3 is 2.65 bits per heavy atom. The summed E-state index contributed by atoms with van der Waals surface area (Å²) in [6.07, 6.45) is 5.49. The maximum atomic E-state index is 3.60. The molecule has 0 aromatic rings. The Labute approximate surface area is 108 Å². The van der Waals surface area contributed by atoms with Crippen molar-refractivity contribution in [2.75, 3.05) is 26.2 Å². The molecule has 2 atom stereocenters. The van der Waals surface area contributed by atoms with Crippen LogP contribution in [0.15, 0.2) is 0 Å². The SMILES string of the molecule is CC(C)CCNCC(C)N1CCCC(C)CC1. The maximum absolute atomic E-state index is 3.60. The standard InChI is InChI=1S/C15H32N2/c1-13(2)7-9-16-12-15(4)17-10-5-6-14(3)8-11-17/h13-16H,5-12H2,1-4H3. The fourth-order valence-electron chi connectivity index (χ4n) is 2.56. The van der Waals surface area contributed by atoms with E-state index in [-0.39, 0.29) is 0 Å². The molecule has 0 aromatic carbocycles. The van der Waals surface area contributed by atoms with E-state index in [1.165, 1.54) is 45.3 Å². The van der Waals surface area contributed by atoms with E-state index < -0.39 is 0 Å². The molecule has 102 valence electrons. The van der Waals surface area contributed by atoms with Gasteiger partial charge in [0.2, 0.25) is 0 Å². The van der Waals surface area contributed by atoms with E-state index in [0.29, 0.717) is 6.04 Å². The first-order chi connectivity index (χ1) is 8.09. The first kappa shape index (κ1) is 15.0. The molecule has 0 bridgehead atoms. The van der Waals surface area contributed by atoms with E-state index in [0.717, 1.165) is 18.4 Å². The molecule has 0 saturated carbocycles. The predicted molar refractivity (Wildman–Crippen MR) is 76.4 cm³/mol. The van der Waals surface area contributed by atoms with Gasteiger partial charge in [-0.2, -0.15) is 0 Å². The van der Waals surface area contributed by atoms with Gasteiger partial charge in [0, 0.05) is 12.6 Å². The molecule has 2 unspecified atom stereocenters. The Morgan fingerprint density at radius 2 is 1.94 bits per heavy atom. The summed E-state index contributed by atoms with van der Waals surface area (Å²) in [5.41, 5.74) is 0. The Morgan fingerprint density at radius 1 is 1.18 bits per heavy atom. The molecular formula is C15H32N2. The van der Waals surface area contributed by atoms with Crippen LogP contribution in [0.25, 0.3) is 0 Å². The van der Waals surface area contributed by atoms with E-state index in [1.807, 2.05) is 0 Å². The molecule has 1 aliphatic rings. The van der Waals surface area contributed by atoms with E-state index in [1.54, 1.807) is 0 Å². The van der Waals surface area contributed by atoms with Crippen LogP contribution in [0, 0.1) is 11.8 Å². The summed E-state index contributed by atoms with van der Waals surface area (Å²) in [6, 6.07) is 0.701. The molecular weight excluding hydrogens is 208 g/mol. The molecule has 1 saturated heterocycles. The van der Waals surface area contributed by atoms with Gasteiger partial charge in [0.05, 0.1) is 0 Å². The largest absolute Gasteiger partial charge is 0.315 e. The number of rotatable bonds is 6. The molecule has 1 N–H and O–H groups in total. The summed E-state index contributed by atoms with van der Waals surface area (Å²) in [5.74, 6) is 1.75. The third-order valence-corrected chi connectivity index (χ3v) is 4.01. The maximum Gasteiger partial charge on any atom is 0.0192 e. The van der Waals surface area contributed by atoms with Gasteiger partial charge in [0.25, 0.3) is 0 Å². The van der Waals surface area contributed by atoms with Crippen molar-refractivity contribution in [1.82, 2.24) is 10.2 Å². The summed E-state index contributed by atoms with van der Waals surface area (Å²) in [5, 5.41) is 3.60. The van der Waals surface area contributed by atoms with Gasteiger partial charge in [0.1, 0.15) is 0 Å². The Bertz CT molecular complexity index is 191. The van der Waals surface area contributed by atoms with Crippen molar-refractivity contribution >= 4 is 0 Å². The van der Waals surface area contributed by atoms with E-state index >= 15 is 0 Å². The van der Waals surface area contributed by atoms with Crippen LogP contribution in [0.4, 0.5) is 0 Å². The first-order valence-corrected chi connectivity index (χ1v) is 7.54. The van der Waals surface area contributed by atoms with E-state index in [9.17, 15) is 0 Å². The summed E-state index contributed by atoms with van der Waals surface area (Å²) in [4.78, 5) is 2.67. The van der Waals surface area contributed by atoms with Gasteiger partial charge in [-0.1, -0.05) is 20.8 Å². The van der Waals surface area contributed by atoms with Gasteiger partial charge in [0.15, 0.2) is 0 Å². The summed E-state index contributed by atoms with van der Waals surface area (Å²) in [7, 11) is 0. The van der Waals surface area contributed by atoms with Gasteiger partial charge >= 0.3 is 0 Å². The van der Waals surface area contributed by atoms with Gasteiger partial charge in [-0.15, -0.1) is 0 Å². The second-order valence-electron chi connectivity index (χ2n) is 6.31. The van der Waals surface area contributed by atoms with Gasteiger partial charge in [-0.25, -0.2) is 0 Å². The monoisotopic (exact) mass is 240 g/mol. The Kier molecular flexibility index (Phi) is 7.14. The fraction of sp³-hybridized carbons (Fsp3) is 1.00. The van der Waals surface area contributed by atoms with Crippen LogP contribution < -0.4 is 5.32 Å². The smallest absolute Gasteiger partial charge is 0.0192 e. The van der Waals surface area contributed by atoms with Crippen molar-refractivity contribution in [3.63, 3.8) is 0 Å². The van der Waals surface area contributed by atoms with Gasteiger partial charge < -0.3 is 5.32 Å². The molecule has 17 heavy (non-hydrogen) atoms. The molecule has 0 spiro atoms. The highest BCUT2D eigenvalue weighted by atomic mass is 15.2. The summed E-state index contributed by atoms with van der Waals surface area (Å²) < 4.78 is 0. The zero-order valence-electron chi connectivity index (χ0n) is 12.3. The molecule has 1 fully saturated rings. The Hall–Kier alpha value is -0.0800. The topological polar surface area (TPSA) is 15.3 Å². The molecule has 0 amide bonds. The first-order valence-electron chi connectivity index (χ1n) is 7.54. The quantitative estimate of drug-likeness (QED) is 0.718. The highest BCUT2D eigenvalue weighted by Gasteiger charge is 2.17. The average Bonchev–Trinajstić information content (AvgIpc) is 2.49. The lowest BCUT2D eigenvalue weighted by Crippen LogP contribution is -2.41. The molecule has 1 rings (SSSR count). The normalized spacial score (nSPS) is 24.9. The number of hydrogen-bond donors (Lipinski definition) is 1. The van der Waals surface area contributed by atoms with Crippen LogP contribution in [0.5, 0.6) is 0 Å². The lowest BCUT2D eigenvalue weighted by Gasteiger charge is -2.28. The highest BCUT2D eigenvalue weighted by molar-refractivity contribution is 4.74. The van der Waals surface area contributed by atoms with Crippen molar-refractivity contribution < 1.29 is 0 Å². The third kappa shape index (κ3) is 6.42. The zero-order valence-corrected chi connectivity index (χ0v) is 12.3. The van der Waals surface area contributed by atoms with E-state index in [2.05, 4.69) is 37.9 Å². The van der Waals surface area contributed by atoms with Crippen LogP contribution in [-0.4, -0.2) is 37.1 Å². The third-order valence-electron chi connectivity index (χ3n) is 4.01. The molecule has 1 heterocycles. The van der Waals surface area contributed by atoms with Crippen molar-refractivity contribution in [3.05, 3.63) is 0 Å². The second kappa shape index (κ2) is 8.10. The minimum atomic E-state index is 0.701. The van der Waals surface area contributed by atoms with Crippen molar-refractivity contribution in [3.8, 4) is 0 Å². The molecule has 2 nitrogen and oxygen atoms in total. The van der Waals surface area contributed by atoms with Crippen LogP contribution in [0.3, 0.4) is 0 Å². The van der Waals surface area contributed by atoms with Crippen LogP contribution in [0.2, 0.25) is 0 Å². The fourth-order valence-corrected chi connectivity index (χ4v) is 2.56. The number of nitrogens with zero attached hydrogens (tertiary/aromatic N) is 1. The summed E-state index contributed by atoms with van der Waals surface area (Å²) >= 11 is 0. The molecule has 2 heteroatoms. The molecule has 0 aromatic heterocycles. The van der Waals surface area contributed by atoms with Crippen LogP contribution in [-0.2, 0) is 0 Å². The molecule has 0 radical (unpaired) electrons. The summed E-state index contributed by atoms with van der Waals surface area (Å²) in [6.45, 7) is 14.3. The number of nitrogens with one attached hydrogen (secondary N) is 1. The van der Waals surface area contributed by atoms with Gasteiger partial charge in [-0.3, -0.25) is 4.90 Å². The van der Waals surface area contributed by atoms with Crippen LogP contribution in [0.1, 0.15) is 53.4 Å². The number of likely N-dealkylation sites (tertiary alicyclic amines) is 1. The lowest BCUT2D eigenvalue weighted by molar-refractivity contribution is 0.209. The Balaban J connectivity index is 2.15.